The van der Waals surface area contributed by atoms with Gasteiger partial charge in [-0.15, -0.1) is 0 Å². The monoisotopic (exact) mass is 330 g/mol. The zero-order chi connectivity index (χ0) is 17.5. The summed E-state index contributed by atoms with van der Waals surface area (Å²) < 4.78 is 7.58. The Labute approximate surface area is 142 Å². The van der Waals surface area contributed by atoms with Crippen molar-refractivity contribution in [2.75, 3.05) is 7.05 Å². The maximum absolute atomic E-state index is 12.6. The third-order valence-corrected chi connectivity index (χ3v) is 4.56. The number of carbonyl (C=O) groups excluding carboxylic acids is 1. The maximum atomic E-state index is 12.6. The van der Waals surface area contributed by atoms with Gasteiger partial charge in [-0.05, 0) is 24.8 Å². The van der Waals surface area contributed by atoms with E-state index < -0.39 is 0 Å². The fraction of sp³-hybridized carbons (Fsp3) is 0.556. The molecule has 1 aliphatic carbocycles. The van der Waals surface area contributed by atoms with Crippen LogP contribution in [0.3, 0.4) is 0 Å². The Morgan fingerprint density at radius 3 is 2.96 bits per heavy atom. The Hall–Kier alpha value is -2.24. The Morgan fingerprint density at radius 2 is 2.29 bits per heavy atom. The van der Waals surface area contributed by atoms with Crippen LogP contribution in [-0.2, 0) is 20.0 Å². The fourth-order valence-electron chi connectivity index (χ4n) is 3.47. The van der Waals surface area contributed by atoms with Crippen molar-refractivity contribution in [1.29, 1.82) is 0 Å². The van der Waals surface area contributed by atoms with Crippen molar-refractivity contribution < 1.29 is 9.21 Å². The van der Waals surface area contributed by atoms with Crippen LogP contribution < -0.4 is 5.32 Å². The van der Waals surface area contributed by atoms with Crippen LogP contribution in [0.1, 0.15) is 49.0 Å². The molecule has 130 valence electrons. The molecule has 1 aliphatic rings. The highest BCUT2D eigenvalue weighted by molar-refractivity contribution is 5.74. The number of furan rings is 1. The number of amides is 2. The van der Waals surface area contributed by atoms with Gasteiger partial charge >= 0.3 is 6.03 Å². The molecule has 0 aromatic carbocycles. The van der Waals surface area contributed by atoms with Gasteiger partial charge in [-0.1, -0.05) is 13.8 Å². The molecule has 3 rings (SSSR count). The number of carbonyl (C=O) groups is 1. The van der Waals surface area contributed by atoms with E-state index in [4.69, 9.17) is 4.42 Å². The Bertz CT molecular complexity index is 744. The first kappa shape index (κ1) is 16.6. The minimum Gasteiger partial charge on any atom is -0.466 e. The molecule has 0 saturated heterocycles. The molecule has 6 heteroatoms. The SMILES string of the molecule is Cc1cc2c(o1)CC(C)(C)C[C@@H]2NC(=O)N(C)Cc1cnn(C)c1. The third kappa shape index (κ3) is 3.47. The van der Waals surface area contributed by atoms with Gasteiger partial charge in [0.2, 0.25) is 0 Å². The van der Waals surface area contributed by atoms with E-state index >= 15 is 0 Å². The van der Waals surface area contributed by atoms with Crippen molar-refractivity contribution >= 4 is 6.03 Å². The number of fused-ring (bicyclic) bond motifs is 1. The fourth-order valence-corrected chi connectivity index (χ4v) is 3.47. The van der Waals surface area contributed by atoms with E-state index in [2.05, 4.69) is 30.3 Å². The van der Waals surface area contributed by atoms with E-state index in [1.807, 2.05) is 20.2 Å². The molecule has 6 nitrogen and oxygen atoms in total. The number of nitrogens with one attached hydrogen (secondary N) is 1. The zero-order valence-corrected chi connectivity index (χ0v) is 15.1. The first-order chi connectivity index (χ1) is 11.2. The van der Waals surface area contributed by atoms with Gasteiger partial charge in [0.15, 0.2) is 0 Å². The Balaban J connectivity index is 1.71. The van der Waals surface area contributed by atoms with E-state index in [-0.39, 0.29) is 17.5 Å². The lowest BCUT2D eigenvalue weighted by molar-refractivity contribution is 0.188. The van der Waals surface area contributed by atoms with Crippen molar-refractivity contribution in [3.8, 4) is 0 Å². The highest BCUT2D eigenvalue weighted by Gasteiger charge is 2.35. The predicted molar refractivity (Wildman–Crippen MR) is 91.5 cm³/mol. The van der Waals surface area contributed by atoms with E-state index in [1.165, 1.54) is 0 Å². The van der Waals surface area contributed by atoms with E-state index in [1.54, 1.807) is 22.8 Å². The second-order valence-electron chi connectivity index (χ2n) is 7.66. The lowest BCUT2D eigenvalue weighted by Gasteiger charge is -2.35. The highest BCUT2D eigenvalue weighted by Crippen LogP contribution is 2.42. The molecule has 0 saturated carbocycles. The van der Waals surface area contributed by atoms with Gasteiger partial charge in [0.05, 0.1) is 18.8 Å². The Morgan fingerprint density at radius 1 is 1.54 bits per heavy atom. The third-order valence-electron chi connectivity index (χ3n) is 4.56. The molecule has 2 aromatic rings. The number of nitrogens with zero attached hydrogens (tertiary/aromatic N) is 3. The molecule has 0 aliphatic heterocycles. The van der Waals surface area contributed by atoms with E-state index in [9.17, 15) is 4.79 Å². The van der Waals surface area contributed by atoms with Gasteiger partial charge in [0.1, 0.15) is 11.5 Å². The van der Waals surface area contributed by atoms with Gasteiger partial charge in [-0.3, -0.25) is 4.68 Å². The summed E-state index contributed by atoms with van der Waals surface area (Å²) in [6.45, 7) is 6.92. The molecule has 0 fully saturated rings. The second kappa shape index (κ2) is 6.00. The summed E-state index contributed by atoms with van der Waals surface area (Å²) in [4.78, 5) is 14.3. The molecule has 2 aromatic heterocycles. The smallest absolute Gasteiger partial charge is 0.317 e. The molecule has 24 heavy (non-hydrogen) atoms. The predicted octanol–water partition coefficient (Wildman–Crippen LogP) is 3.18. The summed E-state index contributed by atoms with van der Waals surface area (Å²) in [7, 11) is 3.67. The van der Waals surface area contributed by atoms with Gasteiger partial charge in [0.25, 0.3) is 0 Å². The number of hydrogen-bond donors (Lipinski definition) is 1. The first-order valence-corrected chi connectivity index (χ1v) is 8.32. The normalized spacial score (nSPS) is 19.0. The highest BCUT2D eigenvalue weighted by atomic mass is 16.3. The molecular formula is C18H26N4O2. The minimum absolute atomic E-state index is 0.00921. The molecule has 2 heterocycles. The number of hydrogen-bond acceptors (Lipinski definition) is 3. The van der Waals surface area contributed by atoms with Crippen molar-refractivity contribution in [2.24, 2.45) is 12.5 Å². The molecule has 0 spiro atoms. The molecule has 2 amide bonds. The summed E-state index contributed by atoms with van der Waals surface area (Å²) in [5, 5.41) is 7.31. The standard InChI is InChI=1S/C18H26N4O2/c1-12-6-14-15(7-18(2,3)8-16(14)24-12)20-17(23)21(4)10-13-9-19-22(5)11-13/h6,9,11,15H,7-8,10H2,1-5H3,(H,20,23)/t15-/m0/s1. The van der Waals surface area contributed by atoms with Crippen molar-refractivity contribution in [3.05, 3.63) is 41.1 Å². The zero-order valence-electron chi connectivity index (χ0n) is 15.1. The molecular weight excluding hydrogens is 304 g/mol. The number of aromatic nitrogens is 2. The summed E-state index contributed by atoms with van der Waals surface area (Å²) in [5.74, 6) is 1.91. The first-order valence-electron chi connectivity index (χ1n) is 8.32. The Kier molecular flexibility index (Phi) is 4.15. The maximum Gasteiger partial charge on any atom is 0.317 e. The number of aryl methyl sites for hydroxylation is 2. The summed E-state index contributed by atoms with van der Waals surface area (Å²) in [5.41, 5.74) is 2.24. The average Bonchev–Trinajstić information content (AvgIpc) is 3.02. The van der Waals surface area contributed by atoms with Gasteiger partial charge in [-0.25, -0.2) is 4.79 Å². The van der Waals surface area contributed by atoms with Crippen molar-refractivity contribution in [2.45, 2.75) is 46.2 Å². The number of rotatable bonds is 3. The number of urea groups is 1. The van der Waals surface area contributed by atoms with E-state index in [0.717, 1.165) is 35.5 Å². The van der Waals surface area contributed by atoms with Crippen LogP contribution in [0, 0.1) is 12.3 Å². The summed E-state index contributed by atoms with van der Waals surface area (Å²) in [6.07, 6.45) is 5.52. The van der Waals surface area contributed by atoms with Crippen LogP contribution in [0.2, 0.25) is 0 Å². The van der Waals surface area contributed by atoms with Crippen LogP contribution >= 0.6 is 0 Å². The molecule has 0 unspecified atom stereocenters. The van der Waals surface area contributed by atoms with Crippen LogP contribution in [-0.4, -0.2) is 27.8 Å². The molecule has 0 radical (unpaired) electrons. The minimum atomic E-state index is -0.0774. The van der Waals surface area contributed by atoms with Crippen LogP contribution in [0.4, 0.5) is 4.79 Å². The van der Waals surface area contributed by atoms with Crippen LogP contribution in [0.25, 0.3) is 0 Å². The average molecular weight is 330 g/mol. The topological polar surface area (TPSA) is 63.3 Å². The van der Waals surface area contributed by atoms with Gasteiger partial charge in [0, 0.05) is 37.8 Å². The molecule has 1 atom stereocenters. The van der Waals surface area contributed by atoms with Crippen LogP contribution in [0.5, 0.6) is 0 Å². The van der Waals surface area contributed by atoms with E-state index in [0.29, 0.717) is 6.54 Å². The lowest BCUT2D eigenvalue weighted by Crippen LogP contribution is -2.42. The second-order valence-corrected chi connectivity index (χ2v) is 7.66. The van der Waals surface area contributed by atoms with Crippen LogP contribution in [0.15, 0.2) is 22.9 Å². The largest absolute Gasteiger partial charge is 0.466 e. The van der Waals surface area contributed by atoms with Crippen molar-refractivity contribution in [1.82, 2.24) is 20.0 Å². The lowest BCUT2D eigenvalue weighted by atomic mass is 9.75. The molecule has 0 bridgehead atoms. The van der Waals surface area contributed by atoms with Gasteiger partial charge in [-0.2, -0.15) is 5.10 Å². The summed E-state index contributed by atoms with van der Waals surface area (Å²) >= 11 is 0. The van der Waals surface area contributed by atoms with Crippen molar-refractivity contribution in [3.63, 3.8) is 0 Å². The summed E-state index contributed by atoms with van der Waals surface area (Å²) in [6, 6.07) is 1.97. The quantitative estimate of drug-likeness (QED) is 0.940. The molecule has 1 N–H and O–H groups in total. The van der Waals surface area contributed by atoms with Gasteiger partial charge < -0.3 is 14.6 Å².